The third-order valence-corrected chi connectivity index (χ3v) is 9.97. The van der Waals surface area contributed by atoms with Crippen molar-refractivity contribution in [3.05, 3.63) is 107 Å². The molecule has 56 heavy (non-hydrogen) atoms. The lowest BCUT2D eigenvalue weighted by atomic mass is 10.0. The van der Waals surface area contributed by atoms with Crippen molar-refractivity contribution in [3.63, 3.8) is 0 Å². The maximum atomic E-state index is 13.2. The number of hydrogen-bond donors (Lipinski definition) is 0. The summed E-state index contributed by atoms with van der Waals surface area (Å²) in [5.41, 5.74) is 10.1. The van der Waals surface area contributed by atoms with Gasteiger partial charge in [-0.2, -0.15) is 10.2 Å². The van der Waals surface area contributed by atoms with Gasteiger partial charge in [-0.05, 0) is 134 Å². The number of carbonyl (C=O) groups is 2. The van der Waals surface area contributed by atoms with E-state index in [2.05, 4.69) is 0 Å². The third kappa shape index (κ3) is 8.59. The zero-order valence-electron chi connectivity index (χ0n) is 33.8. The van der Waals surface area contributed by atoms with Gasteiger partial charge in [0.2, 0.25) is 11.8 Å². The molecule has 0 spiro atoms. The van der Waals surface area contributed by atoms with Crippen molar-refractivity contribution >= 4 is 23.1 Å². The van der Waals surface area contributed by atoms with E-state index in [1.165, 1.54) is 0 Å². The molecule has 2 aromatic carbocycles. The number of rotatable bonds is 16. The van der Waals surface area contributed by atoms with Crippen LogP contribution in [0, 0.1) is 27.7 Å². The largest absolute Gasteiger partial charge is 0.490 e. The second-order valence-electron chi connectivity index (χ2n) is 13.8. The molecule has 4 heterocycles. The molecular formula is C44H52N8O4. The Hall–Kier alpha value is -6.04. The van der Waals surface area contributed by atoms with Crippen molar-refractivity contribution in [2.75, 3.05) is 39.4 Å². The fourth-order valence-corrected chi connectivity index (χ4v) is 7.04. The van der Waals surface area contributed by atoms with Crippen LogP contribution in [0.5, 0.6) is 11.5 Å². The Balaban J connectivity index is 1.08. The van der Waals surface area contributed by atoms with Gasteiger partial charge in [-0.1, -0.05) is 0 Å². The molecule has 2 amide bonds. The van der Waals surface area contributed by atoms with Crippen LogP contribution in [0.4, 0.5) is 0 Å². The normalized spacial score (nSPS) is 11.5. The average Bonchev–Trinajstić information content (AvgIpc) is 3.73. The SMILES string of the molecule is CCN(CC)C(=O)Cc1c(-c2ccc(OCC=CCOc3ccc(-c4nc5c(C)cc(C)nn5c4CC(=O)N(CC)CC)cc3)cc2)nn2c(C)cc(C)nc12. The number of aryl methyl sites for hydroxylation is 4. The van der Waals surface area contributed by atoms with E-state index in [4.69, 9.17) is 29.6 Å². The number of ether oxygens (including phenoxy) is 2. The molecule has 0 saturated carbocycles. The van der Waals surface area contributed by atoms with Gasteiger partial charge in [0.15, 0.2) is 11.3 Å². The maximum Gasteiger partial charge on any atom is 0.228 e. The van der Waals surface area contributed by atoms with Crippen LogP contribution in [0.15, 0.2) is 72.8 Å². The van der Waals surface area contributed by atoms with E-state index in [0.717, 1.165) is 73.6 Å². The highest BCUT2D eigenvalue weighted by molar-refractivity contribution is 5.85. The lowest BCUT2D eigenvalue weighted by molar-refractivity contribution is -0.130. The lowest BCUT2D eigenvalue weighted by Gasteiger charge is -2.18. The predicted octanol–water partition coefficient (Wildman–Crippen LogP) is 7.18. The number of nitrogens with zero attached hydrogens (tertiary/aromatic N) is 8. The molecule has 12 heteroatoms. The number of fused-ring (bicyclic) bond motifs is 2. The highest BCUT2D eigenvalue weighted by Crippen LogP contribution is 2.30. The van der Waals surface area contributed by atoms with Crippen molar-refractivity contribution in [2.45, 2.75) is 68.2 Å². The van der Waals surface area contributed by atoms with Gasteiger partial charge in [-0.15, -0.1) is 0 Å². The van der Waals surface area contributed by atoms with Crippen LogP contribution < -0.4 is 9.47 Å². The summed E-state index contributed by atoms with van der Waals surface area (Å²) >= 11 is 0. The molecule has 12 nitrogen and oxygen atoms in total. The van der Waals surface area contributed by atoms with Crippen molar-refractivity contribution in [2.24, 2.45) is 0 Å². The van der Waals surface area contributed by atoms with E-state index >= 15 is 0 Å². The van der Waals surface area contributed by atoms with Crippen LogP contribution in [0.25, 0.3) is 33.8 Å². The Kier molecular flexibility index (Phi) is 12.5. The Morgan fingerprint density at radius 2 is 1.16 bits per heavy atom. The Morgan fingerprint density at radius 3 is 1.71 bits per heavy atom. The third-order valence-electron chi connectivity index (χ3n) is 9.97. The van der Waals surface area contributed by atoms with Gasteiger partial charge >= 0.3 is 0 Å². The Bertz CT molecular complexity index is 2190. The van der Waals surface area contributed by atoms with Crippen LogP contribution in [-0.4, -0.2) is 90.2 Å². The molecule has 6 rings (SSSR count). The smallest absolute Gasteiger partial charge is 0.228 e. The first kappa shape index (κ1) is 39.6. The predicted molar refractivity (Wildman–Crippen MR) is 219 cm³/mol. The van der Waals surface area contributed by atoms with Gasteiger partial charge in [-0.3, -0.25) is 9.59 Å². The fourth-order valence-electron chi connectivity index (χ4n) is 7.04. The highest BCUT2D eigenvalue weighted by Gasteiger charge is 2.23. The molecule has 0 saturated heterocycles. The summed E-state index contributed by atoms with van der Waals surface area (Å²) in [4.78, 5) is 39.8. The minimum absolute atomic E-state index is 0.0482. The summed E-state index contributed by atoms with van der Waals surface area (Å²) < 4.78 is 15.6. The summed E-state index contributed by atoms with van der Waals surface area (Å²) in [6.07, 6.45) is 4.28. The molecule has 0 N–H and O–H groups in total. The Morgan fingerprint density at radius 1 is 0.625 bits per heavy atom. The topological polar surface area (TPSA) is 119 Å². The lowest BCUT2D eigenvalue weighted by Crippen LogP contribution is -2.32. The summed E-state index contributed by atoms with van der Waals surface area (Å²) in [5, 5.41) is 9.62. The average molecular weight is 757 g/mol. The van der Waals surface area contributed by atoms with Gasteiger partial charge in [0.05, 0.1) is 35.6 Å². The summed E-state index contributed by atoms with van der Waals surface area (Å²) in [7, 11) is 0. The Labute approximate surface area is 328 Å². The quantitative estimate of drug-likeness (QED) is 0.0954. The number of benzene rings is 2. The van der Waals surface area contributed by atoms with Crippen LogP contribution in [0.2, 0.25) is 0 Å². The zero-order valence-corrected chi connectivity index (χ0v) is 33.8. The number of aromatic nitrogens is 6. The van der Waals surface area contributed by atoms with Gasteiger partial charge in [0, 0.05) is 54.3 Å². The van der Waals surface area contributed by atoms with Gasteiger partial charge in [-0.25, -0.2) is 19.0 Å². The highest BCUT2D eigenvalue weighted by atomic mass is 16.5. The molecule has 0 aliphatic rings. The van der Waals surface area contributed by atoms with Crippen molar-refractivity contribution in [1.82, 2.24) is 39.0 Å². The maximum absolute atomic E-state index is 13.2. The summed E-state index contributed by atoms with van der Waals surface area (Å²) in [6, 6.07) is 19.5. The molecule has 292 valence electrons. The first-order valence-electron chi connectivity index (χ1n) is 19.4. The molecular weight excluding hydrogens is 705 g/mol. The second kappa shape index (κ2) is 17.6. The molecule has 6 aromatic rings. The van der Waals surface area contributed by atoms with Crippen molar-refractivity contribution in [3.8, 4) is 34.0 Å². The number of hydrogen-bond acceptors (Lipinski definition) is 8. The molecule has 0 radical (unpaired) electrons. The number of imidazole rings is 1. The van der Waals surface area contributed by atoms with Crippen LogP contribution in [0.3, 0.4) is 0 Å². The molecule has 0 aliphatic carbocycles. The first-order chi connectivity index (χ1) is 27.0. The van der Waals surface area contributed by atoms with Gasteiger partial charge in [0.25, 0.3) is 0 Å². The minimum Gasteiger partial charge on any atom is -0.490 e. The van der Waals surface area contributed by atoms with E-state index < -0.39 is 0 Å². The number of amides is 2. The van der Waals surface area contributed by atoms with E-state index in [0.29, 0.717) is 45.0 Å². The molecule has 0 fully saturated rings. The van der Waals surface area contributed by atoms with Crippen LogP contribution in [-0.2, 0) is 22.4 Å². The van der Waals surface area contributed by atoms with E-state index in [9.17, 15) is 9.59 Å². The van der Waals surface area contributed by atoms with E-state index in [1.54, 1.807) is 0 Å². The molecule has 0 unspecified atom stereocenters. The van der Waals surface area contributed by atoms with Crippen LogP contribution in [0.1, 0.15) is 61.6 Å². The summed E-state index contributed by atoms with van der Waals surface area (Å²) in [6.45, 7) is 19.2. The first-order valence-corrected chi connectivity index (χ1v) is 19.4. The molecule has 4 aromatic heterocycles. The molecule has 0 aliphatic heterocycles. The fraction of sp³-hybridized carbons (Fsp3) is 0.364. The molecule has 0 bridgehead atoms. The van der Waals surface area contributed by atoms with E-state index in [1.807, 2.05) is 147 Å². The second-order valence-corrected chi connectivity index (χ2v) is 13.8. The van der Waals surface area contributed by atoms with Crippen molar-refractivity contribution < 1.29 is 19.1 Å². The standard InChI is InChI=1S/C44H52N8O4/c1-9-49(10-2)39(53)27-37-41(48-51-32(8)26-30(6)45-44(37)51)33-15-19-35(20-16-33)55-23-13-14-24-56-36-21-17-34(18-22-36)42-38(28-40(54)50(11-3)12-4)52-43(46-42)29(5)25-31(7)47-52/h13-22,25-26H,9-12,23-24,27-28H2,1-8H3. The van der Waals surface area contributed by atoms with Gasteiger partial charge in [0.1, 0.15) is 24.7 Å². The number of likely N-dealkylation sites (N-methyl/N-ethyl adjacent to an activating group) is 2. The van der Waals surface area contributed by atoms with Crippen molar-refractivity contribution in [1.29, 1.82) is 0 Å². The minimum atomic E-state index is 0.0482. The van der Waals surface area contributed by atoms with E-state index in [-0.39, 0.29) is 24.7 Å². The zero-order chi connectivity index (χ0) is 39.9. The monoisotopic (exact) mass is 756 g/mol. The summed E-state index contributed by atoms with van der Waals surface area (Å²) in [5.74, 6) is 1.54. The molecule has 0 atom stereocenters. The number of carbonyl (C=O) groups excluding carboxylic acids is 2. The van der Waals surface area contributed by atoms with Crippen LogP contribution >= 0.6 is 0 Å². The van der Waals surface area contributed by atoms with Gasteiger partial charge < -0.3 is 19.3 Å².